The van der Waals surface area contributed by atoms with Crippen molar-refractivity contribution in [3.05, 3.63) is 35.4 Å². The molecule has 0 atom stereocenters. The van der Waals surface area contributed by atoms with E-state index in [0.29, 0.717) is 26.3 Å². The average molecular weight is 313 g/mol. The lowest BCUT2D eigenvalue weighted by atomic mass is 9.79. The van der Waals surface area contributed by atoms with Crippen molar-refractivity contribution >= 4 is 18.3 Å². The molecule has 1 aliphatic rings. The molecule has 0 saturated carbocycles. The first kappa shape index (κ1) is 18.0. The SMILES string of the molecule is Cc1ccccc1CN(C)C(=O)C1(CN)CCOCC1.Cl. The van der Waals surface area contributed by atoms with E-state index in [2.05, 4.69) is 19.1 Å². The fourth-order valence-electron chi connectivity index (χ4n) is 2.79. The third-order valence-corrected chi connectivity index (χ3v) is 4.31. The van der Waals surface area contributed by atoms with Crippen LogP contribution < -0.4 is 5.73 Å². The first-order valence-electron chi connectivity index (χ1n) is 7.17. The molecule has 0 spiro atoms. The van der Waals surface area contributed by atoms with Gasteiger partial charge in [-0.2, -0.15) is 0 Å². The molecule has 1 aromatic rings. The average Bonchev–Trinajstić information content (AvgIpc) is 2.49. The molecule has 0 radical (unpaired) electrons. The molecule has 0 aromatic heterocycles. The van der Waals surface area contributed by atoms with Crippen LogP contribution in [-0.2, 0) is 16.1 Å². The molecule has 1 amide bonds. The van der Waals surface area contributed by atoms with E-state index in [0.717, 1.165) is 12.8 Å². The second-order valence-electron chi connectivity index (χ2n) is 5.68. The lowest BCUT2D eigenvalue weighted by Crippen LogP contribution is -2.49. The largest absolute Gasteiger partial charge is 0.381 e. The van der Waals surface area contributed by atoms with Crippen LogP contribution in [0.15, 0.2) is 24.3 Å². The number of amides is 1. The first-order valence-corrected chi connectivity index (χ1v) is 7.17. The maximum atomic E-state index is 12.8. The van der Waals surface area contributed by atoms with Crippen molar-refractivity contribution in [2.75, 3.05) is 26.8 Å². The standard InChI is InChI=1S/C16H24N2O2.ClH/c1-13-5-3-4-6-14(13)11-18(2)15(19)16(12-17)7-9-20-10-8-16;/h3-6H,7-12,17H2,1-2H3;1H. The molecule has 2 rings (SSSR count). The second kappa shape index (κ2) is 7.78. The molecule has 4 nitrogen and oxygen atoms in total. The third kappa shape index (κ3) is 3.96. The number of nitrogens with zero attached hydrogens (tertiary/aromatic N) is 1. The van der Waals surface area contributed by atoms with Crippen LogP contribution in [0.25, 0.3) is 0 Å². The molecular formula is C16H25ClN2O2. The van der Waals surface area contributed by atoms with Crippen molar-refractivity contribution in [2.45, 2.75) is 26.3 Å². The van der Waals surface area contributed by atoms with Crippen LogP contribution in [0.4, 0.5) is 0 Å². The molecule has 1 aliphatic heterocycles. The van der Waals surface area contributed by atoms with E-state index in [-0.39, 0.29) is 18.3 Å². The first-order chi connectivity index (χ1) is 9.59. The van der Waals surface area contributed by atoms with Gasteiger partial charge in [-0.15, -0.1) is 12.4 Å². The van der Waals surface area contributed by atoms with Gasteiger partial charge in [0.2, 0.25) is 5.91 Å². The maximum absolute atomic E-state index is 12.8. The van der Waals surface area contributed by atoms with Crippen LogP contribution >= 0.6 is 12.4 Å². The smallest absolute Gasteiger partial charge is 0.230 e. The van der Waals surface area contributed by atoms with E-state index < -0.39 is 5.41 Å². The van der Waals surface area contributed by atoms with Gasteiger partial charge >= 0.3 is 0 Å². The van der Waals surface area contributed by atoms with Gasteiger partial charge < -0.3 is 15.4 Å². The summed E-state index contributed by atoms with van der Waals surface area (Å²) in [5, 5.41) is 0. The molecule has 1 fully saturated rings. The number of aryl methyl sites for hydroxylation is 1. The number of nitrogens with two attached hydrogens (primary N) is 1. The summed E-state index contributed by atoms with van der Waals surface area (Å²) < 4.78 is 5.37. The quantitative estimate of drug-likeness (QED) is 0.926. The van der Waals surface area contributed by atoms with Gasteiger partial charge in [0.1, 0.15) is 0 Å². The fraction of sp³-hybridized carbons (Fsp3) is 0.562. The Hall–Kier alpha value is -1.10. The molecule has 21 heavy (non-hydrogen) atoms. The van der Waals surface area contributed by atoms with Crippen molar-refractivity contribution in [3.8, 4) is 0 Å². The minimum absolute atomic E-state index is 0. The summed E-state index contributed by atoms with van der Waals surface area (Å²) in [5.41, 5.74) is 7.85. The van der Waals surface area contributed by atoms with Gasteiger partial charge in [0.25, 0.3) is 0 Å². The summed E-state index contributed by atoms with van der Waals surface area (Å²) in [6.45, 7) is 4.35. The third-order valence-electron chi connectivity index (χ3n) is 4.31. The number of halogens is 1. The summed E-state index contributed by atoms with van der Waals surface area (Å²) in [4.78, 5) is 14.6. The van der Waals surface area contributed by atoms with Crippen LogP contribution in [0, 0.1) is 12.3 Å². The number of hydrogen-bond donors (Lipinski definition) is 1. The Bertz CT molecular complexity index is 473. The van der Waals surface area contributed by atoms with Crippen LogP contribution in [0.2, 0.25) is 0 Å². The molecule has 0 bridgehead atoms. The van der Waals surface area contributed by atoms with Crippen molar-refractivity contribution < 1.29 is 9.53 Å². The summed E-state index contributed by atoms with van der Waals surface area (Å²) in [6.07, 6.45) is 1.45. The molecule has 118 valence electrons. The Balaban J connectivity index is 0.00000220. The van der Waals surface area contributed by atoms with Crippen molar-refractivity contribution in [3.63, 3.8) is 0 Å². The Labute approximate surface area is 133 Å². The molecule has 2 N–H and O–H groups in total. The molecule has 1 aromatic carbocycles. The zero-order chi connectivity index (χ0) is 14.6. The van der Waals surface area contributed by atoms with Crippen LogP contribution in [0.5, 0.6) is 0 Å². The van der Waals surface area contributed by atoms with Gasteiger partial charge in [0.15, 0.2) is 0 Å². The van der Waals surface area contributed by atoms with Gasteiger partial charge in [-0.05, 0) is 30.9 Å². The highest BCUT2D eigenvalue weighted by molar-refractivity contribution is 5.85. The Morgan fingerprint density at radius 2 is 1.95 bits per heavy atom. The number of ether oxygens (including phenoxy) is 1. The number of hydrogen-bond acceptors (Lipinski definition) is 3. The van der Waals surface area contributed by atoms with E-state index in [1.54, 1.807) is 4.90 Å². The second-order valence-corrected chi connectivity index (χ2v) is 5.68. The van der Waals surface area contributed by atoms with E-state index in [9.17, 15) is 4.79 Å². The number of carbonyl (C=O) groups is 1. The van der Waals surface area contributed by atoms with E-state index in [4.69, 9.17) is 10.5 Å². The topological polar surface area (TPSA) is 55.6 Å². The van der Waals surface area contributed by atoms with Gasteiger partial charge in [-0.25, -0.2) is 0 Å². The van der Waals surface area contributed by atoms with E-state index in [1.165, 1.54) is 11.1 Å². The van der Waals surface area contributed by atoms with Crippen molar-refractivity contribution in [1.82, 2.24) is 4.90 Å². The number of carbonyl (C=O) groups excluding carboxylic acids is 1. The van der Waals surface area contributed by atoms with Gasteiger partial charge in [-0.1, -0.05) is 24.3 Å². The van der Waals surface area contributed by atoms with Crippen LogP contribution in [0.3, 0.4) is 0 Å². The highest BCUT2D eigenvalue weighted by Gasteiger charge is 2.40. The Kier molecular flexibility index (Phi) is 6.65. The predicted molar refractivity (Wildman–Crippen MR) is 86.4 cm³/mol. The van der Waals surface area contributed by atoms with Crippen molar-refractivity contribution in [2.24, 2.45) is 11.1 Å². The lowest BCUT2D eigenvalue weighted by molar-refractivity contribution is -0.146. The molecule has 5 heteroatoms. The minimum Gasteiger partial charge on any atom is -0.381 e. The Morgan fingerprint density at radius 3 is 2.52 bits per heavy atom. The number of rotatable bonds is 4. The fourth-order valence-corrected chi connectivity index (χ4v) is 2.79. The monoisotopic (exact) mass is 312 g/mol. The minimum atomic E-state index is -0.435. The molecule has 1 heterocycles. The lowest BCUT2D eigenvalue weighted by Gasteiger charge is -2.37. The summed E-state index contributed by atoms with van der Waals surface area (Å²) in [5.74, 6) is 0.145. The van der Waals surface area contributed by atoms with Crippen molar-refractivity contribution in [1.29, 1.82) is 0 Å². The molecule has 0 unspecified atom stereocenters. The van der Waals surface area contributed by atoms with Gasteiger partial charge in [-0.3, -0.25) is 4.79 Å². The summed E-state index contributed by atoms with van der Waals surface area (Å²) >= 11 is 0. The molecule has 1 saturated heterocycles. The maximum Gasteiger partial charge on any atom is 0.230 e. The van der Waals surface area contributed by atoms with Gasteiger partial charge in [0, 0.05) is 33.4 Å². The number of benzene rings is 1. The zero-order valence-corrected chi connectivity index (χ0v) is 13.6. The van der Waals surface area contributed by atoms with E-state index >= 15 is 0 Å². The highest BCUT2D eigenvalue weighted by atomic mass is 35.5. The highest BCUT2D eigenvalue weighted by Crippen LogP contribution is 2.31. The predicted octanol–water partition coefficient (Wildman–Crippen LogP) is 2.13. The van der Waals surface area contributed by atoms with E-state index in [1.807, 2.05) is 19.2 Å². The normalized spacial score (nSPS) is 16.9. The molecule has 0 aliphatic carbocycles. The van der Waals surface area contributed by atoms with Crippen LogP contribution in [0.1, 0.15) is 24.0 Å². The Morgan fingerprint density at radius 1 is 1.33 bits per heavy atom. The summed E-state index contributed by atoms with van der Waals surface area (Å²) in [7, 11) is 1.86. The molecular weight excluding hydrogens is 288 g/mol. The van der Waals surface area contributed by atoms with Gasteiger partial charge in [0.05, 0.1) is 5.41 Å². The van der Waals surface area contributed by atoms with Crippen LogP contribution in [-0.4, -0.2) is 37.6 Å². The summed E-state index contributed by atoms with van der Waals surface area (Å²) in [6, 6.07) is 8.16. The zero-order valence-electron chi connectivity index (χ0n) is 12.8.